The van der Waals surface area contributed by atoms with Crippen LogP contribution in [0, 0.1) is 5.82 Å². The highest BCUT2D eigenvalue weighted by molar-refractivity contribution is 6.28. The molecule has 4 rings (SSSR count). The highest BCUT2D eigenvalue weighted by atomic mass is 35.5. The Kier molecular flexibility index (Phi) is 3.62. The third-order valence-corrected chi connectivity index (χ3v) is 4.49. The van der Waals surface area contributed by atoms with E-state index in [9.17, 15) is 9.18 Å². The van der Waals surface area contributed by atoms with Gasteiger partial charge in [0.05, 0.1) is 30.6 Å². The highest BCUT2D eigenvalue weighted by Crippen LogP contribution is 2.33. The van der Waals surface area contributed by atoms with E-state index in [1.807, 2.05) is 11.9 Å². The molecule has 6 nitrogen and oxygen atoms in total. The zero-order chi connectivity index (χ0) is 16.8. The van der Waals surface area contributed by atoms with Crippen LogP contribution in [0.1, 0.15) is 10.4 Å². The van der Waals surface area contributed by atoms with E-state index in [2.05, 4.69) is 9.97 Å². The number of amides is 1. The molecule has 124 valence electrons. The molecule has 0 spiro atoms. The topological polar surface area (TPSA) is 58.6 Å². The predicted molar refractivity (Wildman–Crippen MR) is 86.5 cm³/mol. The van der Waals surface area contributed by atoms with E-state index in [0.29, 0.717) is 36.5 Å². The SMILES string of the molecule is CN1CC2OCCN2C(=O)c2ccc(-c3nc(Cl)ncc3F)cc21. The van der Waals surface area contributed by atoms with Crippen molar-refractivity contribution in [3.8, 4) is 11.3 Å². The summed E-state index contributed by atoms with van der Waals surface area (Å²) in [4.78, 5) is 24.0. The van der Waals surface area contributed by atoms with Crippen molar-refractivity contribution >= 4 is 23.2 Å². The molecule has 8 heteroatoms. The standard InChI is InChI=1S/C16H14ClFN4O2/c1-21-8-13-22(4-5-24-13)15(23)10-3-2-9(6-12(10)21)14-11(18)7-19-16(17)20-14/h2-3,6-7,13H,4-5,8H2,1H3. The van der Waals surface area contributed by atoms with Gasteiger partial charge in [0.15, 0.2) is 5.82 Å². The van der Waals surface area contributed by atoms with Crippen molar-refractivity contribution in [1.82, 2.24) is 14.9 Å². The van der Waals surface area contributed by atoms with Crippen LogP contribution in [0.15, 0.2) is 24.4 Å². The van der Waals surface area contributed by atoms with Crippen LogP contribution in [0.2, 0.25) is 5.28 Å². The minimum Gasteiger partial charge on any atom is -0.369 e. The van der Waals surface area contributed by atoms with Crippen LogP contribution >= 0.6 is 11.6 Å². The molecule has 1 aromatic heterocycles. The summed E-state index contributed by atoms with van der Waals surface area (Å²) < 4.78 is 19.7. The van der Waals surface area contributed by atoms with Crippen molar-refractivity contribution in [3.05, 3.63) is 41.1 Å². The van der Waals surface area contributed by atoms with E-state index in [4.69, 9.17) is 16.3 Å². The first-order valence-electron chi connectivity index (χ1n) is 7.51. The molecule has 1 unspecified atom stereocenters. The van der Waals surface area contributed by atoms with Gasteiger partial charge in [-0.1, -0.05) is 6.07 Å². The number of carbonyl (C=O) groups excluding carboxylic acids is 1. The fourth-order valence-corrected chi connectivity index (χ4v) is 3.25. The molecular formula is C16H14ClFN4O2. The van der Waals surface area contributed by atoms with Crippen molar-refractivity contribution in [2.75, 3.05) is 31.6 Å². The van der Waals surface area contributed by atoms with Gasteiger partial charge in [-0.3, -0.25) is 4.79 Å². The number of carbonyl (C=O) groups is 1. The van der Waals surface area contributed by atoms with Crippen LogP contribution in [0.5, 0.6) is 0 Å². The van der Waals surface area contributed by atoms with Crippen LogP contribution in [0.25, 0.3) is 11.3 Å². The Labute approximate surface area is 142 Å². The molecule has 1 fully saturated rings. The van der Waals surface area contributed by atoms with Gasteiger partial charge in [0, 0.05) is 19.2 Å². The number of ether oxygens (including phenoxy) is 1. The molecule has 1 amide bonds. The van der Waals surface area contributed by atoms with Gasteiger partial charge >= 0.3 is 0 Å². The van der Waals surface area contributed by atoms with Gasteiger partial charge < -0.3 is 14.5 Å². The number of hydrogen-bond donors (Lipinski definition) is 0. The average Bonchev–Trinajstić information content (AvgIpc) is 3.00. The molecule has 0 aliphatic carbocycles. The fraction of sp³-hybridized carbons (Fsp3) is 0.312. The maximum absolute atomic E-state index is 14.0. The average molecular weight is 349 g/mol. The molecule has 1 aromatic carbocycles. The fourth-order valence-electron chi connectivity index (χ4n) is 3.12. The minimum atomic E-state index is -0.564. The van der Waals surface area contributed by atoms with Gasteiger partial charge in [-0.15, -0.1) is 0 Å². The molecule has 0 bridgehead atoms. The molecule has 2 aliphatic heterocycles. The zero-order valence-electron chi connectivity index (χ0n) is 12.9. The molecule has 3 heterocycles. The van der Waals surface area contributed by atoms with Crippen molar-refractivity contribution in [1.29, 1.82) is 0 Å². The van der Waals surface area contributed by atoms with E-state index in [1.165, 1.54) is 0 Å². The van der Waals surface area contributed by atoms with E-state index >= 15 is 0 Å². The quantitative estimate of drug-likeness (QED) is 0.739. The molecule has 1 atom stereocenters. The van der Waals surface area contributed by atoms with Crippen LogP contribution in [-0.2, 0) is 4.74 Å². The largest absolute Gasteiger partial charge is 0.369 e. The predicted octanol–water partition coefficient (Wildman–Crippen LogP) is 2.18. The summed E-state index contributed by atoms with van der Waals surface area (Å²) in [5, 5.41) is -0.0279. The van der Waals surface area contributed by atoms with Crippen LogP contribution in [0.3, 0.4) is 0 Å². The van der Waals surface area contributed by atoms with E-state index in [1.54, 1.807) is 23.1 Å². The van der Waals surface area contributed by atoms with Crippen LogP contribution in [0.4, 0.5) is 10.1 Å². The minimum absolute atomic E-state index is 0.0279. The summed E-state index contributed by atoms with van der Waals surface area (Å²) >= 11 is 5.78. The molecule has 0 saturated carbocycles. The lowest BCUT2D eigenvalue weighted by Gasteiger charge is -2.23. The number of likely N-dealkylation sites (N-methyl/N-ethyl adjacent to an activating group) is 1. The van der Waals surface area contributed by atoms with Crippen molar-refractivity contribution in [2.45, 2.75) is 6.23 Å². The number of rotatable bonds is 1. The van der Waals surface area contributed by atoms with Crippen LogP contribution < -0.4 is 4.90 Å². The second-order valence-corrected chi connectivity index (χ2v) is 6.11. The first-order valence-corrected chi connectivity index (χ1v) is 7.88. The summed E-state index contributed by atoms with van der Waals surface area (Å²) in [6.45, 7) is 1.67. The van der Waals surface area contributed by atoms with Crippen molar-refractivity contribution in [2.24, 2.45) is 0 Å². The molecule has 0 radical (unpaired) electrons. The lowest BCUT2D eigenvalue weighted by Crippen LogP contribution is -2.39. The number of aromatic nitrogens is 2. The number of hydrogen-bond acceptors (Lipinski definition) is 5. The summed E-state index contributed by atoms with van der Waals surface area (Å²) in [5.74, 6) is -0.643. The number of fused-ring (bicyclic) bond motifs is 2. The van der Waals surface area contributed by atoms with Gasteiger partial charge in [0.1, 0.15) is 11.9 Å². The van der Waals surface area contributed by atoms with Gasteiger partial charge in [-0.2, -0.15) is 0 Å². The number of nitrogens with zero attached hydrogens (tertiary/aromatic N) is 4. The Hall–Kier alpha value is -2.25. The Morgan fingerprint density at radius 2 is 2.25 bits per heavy atom. The second-order valence-electron chi connectivity index (χ2n) is 5.77. The molecule has 24 heavy (non-hydrogen) atoms. The number of halogens is 2. The Morgan fingerprint density at radius 1 is 1.42 bits per heavy atom. The monoisotopic (exact) mass is 348 g/mol. The summed E-state index contributed by atoms with van der Waals surface area (Å²) in [5.41, 5.74) is 1.93. The Morgan fingerprint density at radius 3 is 3.08 bits per heavy atom. The van der Waals surface area contributed by atoms with Crippen molar-refractivity contribution in [3.63, 3.8) is 0 Å². The maximum atomic E-state index is 14.0. The number of benzene rings is 1. The van der Waals surface area contributed by atoms with Gasteiger partial charge in [-0.25, -0.2) is 14.4 Å². The summed E-state index contributed by atoms with van der Waals surface area (Å²) in [6.07, 6.45) is 0.776. The number of anilines is 1. The lowest BCUT2D eigenvalue weighted by molar-refractivity contribution is 0.0343. The molecular weight excluding hydrogens is 335 g/mol. The second kappa shape index (κ2) is 5.68. The smallest absolute Gasteiger partial charge is 0.258 e. The maximum Gasteiger partial charge on any atom is 0.258 e. The highest BCUT2D eigenvalue weighted by Gasteiger charge is 2.36. The molecule has 0 N–H and O–H groups in total. The Bertz CT molecular complexity index is 832. The van der Waals surface area contributed by atoms with E-state index < -0.39 is 5.82 Å². The van der Waals surface area contributed by atoms with Gasteiger partial charge in [-0.05, 0) is 23.7 Å². The third-order valence-electron chi connectivity index (χ3n) is 4.31. The van der Waals surface area contributed by atoms with Crippen molar-refractivity contribution < 1.29 is 13.9 Å². The van der Waals surface area contributed by atoms with E-state index in [-0.39, 0.29) is 23.1 Å². The lowest BCUT2D eigenvalue weighted by atomic mass is 10.0. The Balaban J connectivity index is 1.82. The normalized spacial score (nSPS) is 20.0. The zero-order valence-corrected chi connectivity index (χ0v) is 13.6. The molecule has 2 aliphatic rings. The molecule has 2 aromatic rings. The summed E-state index contributed by atoms with van der Waals surface area (Å²) in [6, 6.07) is 5.11. The first kappa shape index (κ1) is 15.3. The molecule has 1 saturated heterocycles. The first-order chi connectivity index (χ1) is 11.5. The summed E-state index contributed by atoms with van der Waals surface area (Å²) in [7, 11) is 1.88. The van der Waals surface area contributed by atoms with Crippen LogP contribution in [-0.4, -0.2) is 53.7 Å². The van der Waals surface area contributed by atoms with E-state index in [0.717, 1.165) is 6.20 Å². The van der Waals surface area contributed by atoms with Gasteiger partial charge in [0.25, 0.3) is 5.91 Å². The third kappa shape index (κ3) is 2.40. The van der Waals surface area contributed by atoms with Gasteiger partial charge in [0.2, 0.25) is 5.28 Å².